The van der Waals surface area contributed by atoms with Crippen molar-refractivity contribution in [1.82, 2.24) is 9.97 Å². The van der Waals surface area contributed by atoms with E-state index in [1.165, 1.54) is 0 Å². The van der Waals surface area contributed by atoms with Crippen molar-refractivity contribution < 1.29 is 4.21 Å². The number of aromatic nitrogens is 2. The smallest absolute Gasteiger partial charge is 0.188 e. The highest BCUT2D eigenvalue weighted by Gasteiger charge is 2.29. The maximum absolute atomic E-state index is 12.1. The van der Waals surface area contributed by atoms with Gasteiger partial charge >= 0.3 is 0 Å². The van der Waals surface area contributed by atoms with Gasteiger partial charge in [0, 0.05) is 24.5 Å². The summed E-state index contributed by atoms with van der Waals surface area (Å²) in [6.07, 6.45) is 0.696. The van der Waals surface area contributed by atoms with Gasteiger partial charge in [-0.2, -0.15) is 6.57 Å². The van der Waals surface area contributed by atoms with E-state index in [1.54, 1.807) is 6.92 Å². The van der Waals surface area contributed by atoms with Crippen LogP contribution in [0.1, 0.15) is 39.2 Å². The average Bonchev–Trinajstić information content (AvgIpc) is 2.70. The normalized spacial score (nSPS) is 18.6. The van der Waals surface area contributed by atoms with Crippen molar-refractivity contribution in [2.45, 2.75) is 44.4 Å². The van der Waals surface area contributed by atoms with E-state index in [9.17, 15) is 4.21 Å². The van der Waals surface area contributed by atoms with Gasteiger partial charge in [-0.25, -0.2) is 9.97 Å². The minimum absolute atomic E-state index is 0.194. The molecule has 0 saturated heterocycles. The number of nitrogens with one attached hydrogen (secondary N) is 1. The SMILES string of the molecule is [C-]#[N+]/N=C(/C)Nc1nc(C(C)(C)C)nc2c1S(=O)CC2. The molecule has 1 aliphatic heterocycles. The van der Waals surface area contributed by atoms with Crippen LogP contribution in [0.5, 0.6) is 0 Å². The zero-order valence-corrected chi connectivity index (χ0v) is 12.8. The molecule has 0 fully saturated rings. The Morgan fingerprint density at radius 3 is 2.75 bits per heavy atom. The summed E-state index contributed by atoms with van der Waals surface area (Å²) in [5.41, 5.74) is 0.641. The third-order valence-electron chi connectivity index (χ3n) is 2.86. The molecule has 0 spiro atoms. The molecule has 0 aromatic carbocycles. The standard InChI is InChI=1S/C13H17N5OS/c1-8(18-14-5)15-11-10-9(6-7-20(10)19)16-12(17-11)13(2,3)4/h6-7H2,1-4H3,(H,15,16,17,18). The molecule has 1 aromatic heterocycles. The van der Waals surface area contributed by atoms with Gasteiger partial charge in [0.15, 0.2) is 11.7 Å². The van der Waals surface area contributed by atoms with Crippen LogP contribution in [0.25, 0.3) is 4.95 Å². The Hall–Kier alpha value is -1.81. The highest BCUT2D eigenvalue weighted by atomic mass is 32.2. The second kappa shape index (κ2) is 5.29. The van der Waals surface area contributed by atoms with E-state index < -0.39 is 10.8 Å². The molecule has 7 heteroatoms. The van der Waals surface area contributed by atoms with Crippen LogP contribution in [0, 0.1) is 6.57 Å². The Morgan fingerprint density at radius 2 is 2.15 bits per heavy atom. The van der Waals surface area contributed by atoms with Gasteiger partial charge in [0.1, 0.15) is 15.8 Å². The van der Waals surface area contributed by atoms with E-state index >= 15 is 0 Å². The summed E-state index contributed by atoms with van der Waals surface area (Å²) >= 11 is 0. The largest absolute Gasteiger partial charge is 0.322 e. The van der Waals surface area contributed by atoms with Gasteiger partial charge in [0.05, 0.1) is 16.5 Å². The molecule has 1 aliphatic rings. The van der Waals surface area contributed by atoms with Crippen LogP contribution < -0.4 is 5.32 Å². The average molecular weight is 291 g/mol. The monoisotopic (exact) mass is 291 g/mol. The summed E-state index contributed by atoms with van der Waals surface area (Å²) in [7, 11) is -1.08. The van der Waals surface area contributed by atoms with Gasteiger partial charge in [-0.1, -0.05) is 20.8 Å². The lowest BCUT2D eigenvalue weighted by molar-refractivity contribution is 0.540. The van der Waals surface area contributed by atoms with Crippen LogP contribution in [-0.2, 0) is 22.6 Å². The number of nitrogens with zero attached hydrogens (tertiary/aromatic N) is 4. The summed E-state index contributed by atoms with van der Waals surface area (Å²) in [6, 6.07) is 0. The van der Waals surface area contributed by atoms with Gasteiger partial charge in [0.2, 0.25) is 0 Å². The van der Waals surface area contributed by atoms with Crippen molar-refractivity contribution in [3.63, 3.8) is 0 Å². The Labute approximate surface area is 121 Å². The Morgan fingerprint density at radius 1 is 1.45 bits per heavy atom. The van der Waals surface area contributed by atoms with Gasteiger partial charge in [-0.05, 0) is 0 Å². The number of hydrogen-bond donors (Lipinski definition) is 1. The van der Waals surface area contributed by atoms with E-state index in [4.69, 9.17) is 6.57 Å². The summed E-state index contributed by atoms with van der Waals surface area (Å²) < 4.78 is 12.1. The predicted octanol–water partition coefficient (Wildman–Crippen LogP) is 2.10. The lowest BCUT2D eigenvalue weighted by Gasteiger charge is -2.19. The van der Waals surface area contributed by atoms with Gasteiger partial charge in [-0.15, -0.1) is 4.95 Å². The van der Waals surface area contributed by atoms with Gasteiger partial charge < -0.3 is 5.32 Å². The minimum atomic E-state index is -1.08. The number of hydrogen-bond acceptors (Lipinski definition) is 4. The summed E-state index contributed by atoms with van der Waals surface area (Å²) in [5.74, 6) is 2.23. The first kappa shape index (κ1) is 14.6. The zero-order valence-electron chi connectivity index (χ0n) is 12.0. The van der Waals surface area contributed by atoms with Crippen LogP contribution in [0.15, 0.2) is 10.00 Å². The lowest BCUT2D eigenvalue weighted by atomic mass is 9.95. The molecule has 1 N–H and O–H groups in total. The fourth-order valence-electron chi connectivity index (χ4n) is 1.89. The molecule has 1 aromatic rings. The maximum Gasteiger partial charge on any atom is 0.188 e. The third kappa shape index (κ3) is 2.85. The fraction of sp³-hybridized carbons (Fsp3) is 0.538. The molecule has 2 rings (SSSR count). The molecule has 2 heterocycles. The van der Waals surface area contributed by atoms with Crippen LogP contribution in [-0.4, -0.2) is 25.8 Å². The van der Waals surface area contributed by atoms with Crippen LogP contribution >= 0.6 is 0 Å². The zero-order chi connectivity index (χ0) is 14.9. The Balaban J connectivity index is 2.54. The number of amidine groups is 1. The van der Waals surface area contributed by atoms with E-state index in [0.717, 1.165) is 5.69 Å². The fourth-order valence-corrected chi connectivity index (χ4v) is 3.19. The first-order valence-electron chi connectivity index (χ1n) is 6.30. The number of fused-ring (bicyclic) bond motifs is 1. The van der Waals surface area contributed by atoms with Crippen molar-refractivity contribution in [2.75, 3.05) is 11.1 Å². The summed E-state index contributed by atoms with van der Waals surface area (Å²) in [6.45, 7) is 14.5. The van der Waals surface area contributed by atoms with E-state index in [1.807, 2.05) is 20.8 Å². The van der Waals surface area contributed by atoms with Gasteiger partial charge in [0.25, 0.3) is 0 Å². The van der Waals surface area contributed by atoms with Crippen LogP contribution in [0.4, 0.5) is 5.82 Å². The molecule has 0 amide bonds. The molecule has 0 aliphatic carbocycles. The highest BCUT2D eigenvalue weighted by Crippen LogP contribution is 2.30. The second-order valence-corrected chi connectivity index (χ2v) is 7.14. The molecule has 1 unspecified atom stereocenters. The van der Waals surface area contributed by atoms with E-state index in [2.05, 4.69) is 25.3 Å². The van der Waals surface area contributed by atoms with Crippen molar-refractivity contribution >= 4 is 22.5 Å². The molecular formula is C13H17N5OS. The Kier molecular flexibility index (Phi) is 3.86. The number of anilines is 1. The molecule has 0 radical (unpaired) electrons. The van der Waals surface area contributed by atoms with Crippen molar-refractivity contribution in [3.8, 4) is 0 Å². The first-order chi connectivity index (χ1) is 9.32. The number of aryl methyl sites for hydroxylation is 1. The molecule has 20 heavy (non-hydrogen) atoms. The van der Waals surface area contributed by atoms with Crippen molar-refractivity contribution in [3.05, 3.63) is 23.0 Å². The van der Waals surface area contributed by atoms with Crippen LogP contribution in [0.3, 0.4) is 0 Å². The lowest BCUT2D eigenvalue weighted by Crippen LogP contribution is -2.20. The molecular weight excluding hydrogens is 274 g/mol. The van der Waals surface area contributed by atoms with E-state index in [-0.39, 0.29) is 5.41 Å². The quantitative estimate of drug-likeness (QED) is 0.372. The van der Waals surface area contributed by atoms with Crippen LogP contribution in [0.2, 0.25) is 0 Å². The maximum atomic E-state index is 12.1. The summed E-state index contributed by atoms with van der Waals surface area (Å²) in [5, 5.41) is 6.58. The molecule has 1 atom stereocenters. The minimum Gasteiger partial charge on any atom is -0.322 e. The van der Waals surface area contributed by atoms with E-state index in [0.29, 0.717) is 34.5 Å². The second-order valence-electron chi connectivity index (χ2n) is 5.63. The predicted molar refractivity (Wildman–Crippen MR) is 79.0 cm³/mol. The first-order valence-corrected chi connectivity index (χ1v) is 7.62. The van der Waals surface area contributed by atoms with Gasteiger partial charge in [-0.3, -0.25) is 4.21 Å². The number of rotatable bonds is 1. The topological polar surface area (TPSA) is 71.6 Å². The molecule has 6 nitrogen and oxygen atoms in total. The highest BCUT2D eigenvalue weighted by molar-refractivity contribution is 7.85. The third-order valence-corrected chi connectivity index (χ3v) is 4.32. The van der Waals surface area contributed by atoms with Crippen molar-refractivity contribution in [1.29, 1.82) is 0 Å². The molecule has 106 valence electrons. The molecule has 0 saturated carbocycles. The molecule has 0 bridgehead atoms. The van der Waals surface area contributed by atoms with Crippen molar-refractivity contribution in [2.24, 2.45) is 5.10 Å². The summed E-state index contributed by atoms with van der Waals surface area (Å²) in [4.78, 5) is 12.7. The Bertz CT molecular complexity index is 639.